The minimum atomic E-state index is -4.46. The predicted molar refractivity (Wildman–Crippen MR) is 96.9 cm³/mol. The summed E-state index contributed by atoms with van der Waals surface area (Å²) in [6.07, 6.45) is -4.03. The van der Waals surface area contributed by atoms with Gasteiger partial charge in [-0.25, -0.2) is 0 Å². The highest BCUT2D eigenvalue weighted by Gasteiger charge is 2.33. The topological polar surface area (TPSA) is 52.5 Å². The predicted octanol–water partition coefficient (Wildman–Crippen LogP) is 5.12. The Kier molecular flexibility index (Phi) is 6.23. The van der Waals surface area contributed by atoms with E-state index in [-0.39, 0.29) is 22.5 Å². The van der Waals surface area contributed by atoms with Crippen LogP contribution in [-0.2, 0) is 12.6 Å². The van der Waals surface area contributed by atoms with Gasteiger partial charge in [0.2, 0.25) is 0 Å². The van der Waals surface area contributed by atoms with Crippen molar-refractivity contribution in [2.75, 3.05) is 13.1 Å². The van der Waals surface area contributed by atoms with Gasteiger partial charge in [0, 0.05) is 12.5 Å². The molecular weight excluding hydrogens is 414 g/mol. The van der Waals surface area contributed by atoms with Crippen molar-refractivity contribution in [1.82, 2.24) is 5.32 Å². The van der Waals surface area contributed by atoms with Crippen molar-refractivity contribution in [2.24, 2.45) is 0 Å². The van der Waals surface area contributed by atoms with Gasteiger partial charge in [0.1, 0.15) is 0 Å². The smallest absolute Gasteiger partial charge is 0.416 e. The first-order chi connectivity index (χ1) is 11.7. The highest BCUT2D eigenvalue weighted by Crippen LogP contribution is 2.49. The lowest BCUT2D eigenvalue weighted by atomic mass is 9.86. The van der Waals surface area contributed by atoms with Gasteiger partial charge in [0.25, 0.3) is 0 Å². The van der Waals surface area contributed by atoms with Gasteiger partial charge in [0.05, 0.1) is 15.6 Å². The number of phenols is 2. The molecule has 0 saturated heterocycles. The van der Waals surface area contributed by atoms with E-state index < -0.39 is 29.2 Å². The Balaban J connectivity index is 0.00000243. The quantitative estimate of drug-likeness (QED) is 0.553. The first kappa shape index (κ1) is 21.0. The largest absolute Gasteiger partial charge is 0.503 e. The molecule has 0 radical (unpaired) electrons. The summed E-state index contributed by atoms with van der Waals surface area (Å²) in [5, 5.41) is 22.9. The molecule has 9 heteroatoms. The Bertz CT molecular complexity index is 828. The summed E-state index contributed by atoms with van der Waals surface area (Å²) in [4.78, 5) is 0. The van der Waals surface area contributed by atoms with Gasteiger partial charge in [0.15, 0.2) is 11.5 Å². The number of phenolic OH excluding ortho intramolecular Hbond substituents is 2. The van der Waals surface area contributed by atoms with E-state index in [0.29, 0.717) is 36.2 Å². The summed E-state index contributed by atoms with van der Waals surface area (Å²) >= 11 is 12.4. The molecule has 1 aliphatic heterocycles. The zero-order chi connectivity index (χ0) is 18.4. The first-order valence-electron chi connectivity index (χ1n) is 7.51. The van der Waals surface area contributed by atoms with E-state index in [1.807, 2.05) is 0 Å². The average Bonchev–Trinajstić information content (AvgIpc) is 2.80. The molecule has 0 saturated carbocycles. The van der Waals surface area contributed by atoms with E-state index in [1.54, 1.807) is 6.07 Å². The van der Waals surface area contributed by atoms with Crippen LogP contribution in [0.25, 0.3) is 0 Å². The molecule has 0 bridgehead atoms. The molecule has 0 fully saturated rings. The molecule has 0 aromatic heterocycles. The second-order valence-electron chi connectivity index (χ2n) is 5.85. The minimum Gasteiger partial charge on any atom is -0.503 e. The monoisotopic (exact) mass is 427 g/mol. The minimum absolute atomic E-state index is 0. The molecule has 3 rings (SSSR count). The lowest BCUT2D eigenvalue weighted by Gasteiger charge is -2.22. The van der Waals surface area contributed by atoms with E-state index >= 15 is 0 Å². The zero-order valence-electron chi connectivity index (χ0n) is 13.2. The van der Waals surface area contributed by atoms with Crippen molar-refractivity contribution in [3.63, 3.8) is 0 Å². The maximum Gasteiger partial charge on any atom is 0.416 e. The van der Waals surface area contributed by atoms with Gasteiger partial charge >= 0.3 is 6.18 Å². The van der Waals surface area contributed by atoms with E-state index in [2.05, 4.69) is 5.32 Å². The van der Waals surface area contributed by atoms with Crippen molar-refractivity contribution in [2.45, 2.75) is 18.5 Å². The Labute approximate surface area is 164 Å². The molecule has 3 nitrogen and oxygen atoms in total. The van der Waals surface area contributed by atoms with Crippen molar-refractivity contribution in [3.8, 4) is 11.5 Å². The number of benzene rings is 2. The fourth-order valence-corrected chi connectivity index (χ4v) is 3.74. The Morgan fingerprint density at radius 1 is 1.08 bits per heavy atom. The lowest BCUT2D eigenvalue weighted by molar-refractivity contribution is -0.137. The van der Waals surface area contributed by atoms with E-state index in [0.717, 1.165) is 12.1 Å². The molecule has 26 heavy (non-hydrogen) atoms. The second-order valence-corrected chi connectivity index (χ2v) is 6.60. The van der Waals surface area contributed by atoms with Crippen LogP contribution in [0.1, 0.15) is 28.2 Å². The maximum absolute atomic E-state index is 13.0. The lowest BCUT2D eigenvalue weighted by Crippen LogP contribution is -2.21. The van der Waals surface area contributed by atoms with Crippen molar-refractivity contribution in [3.05, 3.63) is 56.6 Å². The third kappa shape index (κ3) is 3.69. The Morgan fingerprint density at radius 2 is 1.73 bits per heavy atom. The third-order valence-electron chi connectivity index (χ3n) is 4.33. The third-order valence-corrected chi connectivity index (χ3v) is 5.12. The van der Waals surface area contributed by atoms with Crippen LogP contribution in [-0.4, -0.2) is 23.3 Å². The van der Waals surface area contributed by atoms with E-state index in [4.69, 9.17) is 23.2 Å². The molecule has 1 unspecified atom stereocenters. The summed E-state index contributed by atoms with van der Waals surface area (Å²) in [6, 6.07) is 4.97. The van der Waals surface area contributed by atoms with E-state index in [9.17, 15) is 23.4 Å². The SMILES string of the molecule is Cl.Oc1c(O)c(Cl)c2c(c1Cl)CCNCC2c1cccc(C(F)(F)F)c1. The van der Waals surface area contributed by atoms with Crippen LogP contribution in [0.3, 0.4) is 0 Å². The van der Waals surface area contributed by atoms with Crippen molar-refractivity contribution < 1.29 is 23.4 Å². The summed E-state index contributed by atoms with van der Waals surface area (Å²) in [7, 11) is 0. The average molecular weight is 429 g/mol. The highest BCUT2D eigenvalue weighted by molar-refractivity contribution is 6.37. The number of fused-ring (bicyclic) bond motifs is 1. The number of halogens is 6. The fraction of sp³-hybridized carbons (Fsp3) is 0.294. The van der Waals surface area contributed by atoms with Gasteiger partial charge in [-0.3, -0.25) is 0 Å². The summed E-state index contributed by atoms with van der Waals surface area (Å²) < 4.78 is 39.1. The molecular formula is C17H15Cl3F3NO2. The summed E-state index contributed by atoms with van der Waals surface area (Å²) in [5.74, 6) is -1.63. The highest BCUT2D eigenvalue weighted by atomic mass is 35.5. The van der Waals surface area contributed by atoms with Crippen LogP contribution < -0.4 is 5.32 Å². The van der Waals surface area contributed by atoms with Gasteiger partial charge in [-0.15, -0.1) is 12.4 Å². The van der Waals surface area contributed by atoms with Gasteiger partial charge in [-0.1, -0.05) is 41.4 Å². The zero-order valence-corrected chi connectivity index (χ0v) is 15.5. The number of aromatic hydroxyl groups is 2. The van der Waals surface area contributed by atoms with Gasteiger partial charge < -0.3 is 15.5 Å². The standard InChI is InChI=1S/C17H14Cl2F3NO2.ClH/c18-13-10-4-5-23-7-11(12(10)14(19)16(25)15(13)24)8-2-1-3-9(6-8)17(20,21)22;/h1-3,6,11,23-25H,4-5,7H2;1H. The second kappa shape index (κ2) is 7.72. The maximum atomic E-state index is 13.0. The van der Waals surface area contributed by atoms with Crippen LogP contribution in [0.5, 0.6) is 11.5 Å². The number of alkyl halides is 3. The van der Waals surface area contributed by atoms with Gasteiger partial charge in [-0.05, 0) is 35.7 Å². The Hall–Kier alpha value is -1.34. The fourth-order valence-electron chi connectivity index (χ4n) is 3.11. The van der Waals surface area contributed by atoms with Gasteiger partial charge in [-0.2, -0.15) is 13.2 Å². The molecule has 2 aromatic carbocycles. The van der Waals surface area contributed by atoms with Crippen LogP contribution >= 0.6 is 35.6 Å². The van der Waals surface area contributed by atoms with Crippen LogP contribution in [0, 0.1) is 0 Å². The van der Waals surface area contributed by atoms with Crippen LogP contribution in [0.2, 0.25) is 10.0 Å². The number of nitrogens with one attached hydrogen (secondary N) is 1. The molecule has 1 heterocycles. The summed E-state index contributed by atoms with van der Waals surface area (Å²) in [5.41, 5.74) is 0.593. The summed E-state index contributed by atoms with van der Waals surface area (Å²) in [6.45, 7) is 0.845. The molecule has 0 spiro atoms. The van der Waals surface area contributed by atoms with Crippen molar-refractivity contribution >= 4 is 35.6 Å². The molecule has 142 valence electrons. The van der Waals surface area contributed by atoms with Crippen LogP contribution in [0.4, 0.5) is 13.2 Å². The normalized spacial score (nSPS) is 17.2. The molecule has 3 N–H and O–H groups in total. The molecule has 1 atom stereocenters. The molecule has 2 aromatic rings. The Morgan fingerprint density at radius 3 is 2.38 bits per heavy atom. The molecule has 0 aliphatic carbocycles. The molecule has 0 amide bonds. The number of hydrogen-bond donors (Lipinski definition) is 3. The van der Waals surface area contributed by atoms with Crippen molar-refractivity contribution in [1.29, 1.82) is 0 Å². The van der Waals surface area contributed by atoms with E-state index in [1.165, 1.54) is 6.07 Å². The first-order valence-corrected chi connectivity index (χ1v) is 8.27. The number of hydrogen-bond acceptors (Lipinski definition) is 3. The number of rotatable bonds is 1. The van der Waals surface area contributed by atoms with Crippen LogP contribution in [0.15, 0.2) is 24.3 Å². The molecule has 1 aliphatic rings.